The minimum Gasteiger partial charge on any atom is -0.383 e. The summed E-state index contributed by atoms with van der Waals surface area (Å²) in [6.07, 6.45) is 3.75. The molecule has 0 spiro atoms. The van der Waals surface area contributed by atoms with E-state index in [1.807, 2.05) is 0 Å². The summed E-state index contributed by atoms with van der Waals surface area (Å²) < 4.78 is 5.07. The zero-order chi connectivity index (χ0) is 11.5. The lowest BCUT2D eigenvalue weighted by Crippen LogP contribution is -2.32. The summed E-state index contributed by atoms with van der Waals surface area (Å²) >= 11 is 0. The normalized spacial score (nSPS) is 13.4. The Balaban J connectivity index is 3.34. The van der Waals surface area contributed by atoms with Crippen molar-refractivity contribution in [3.05, 3.63) is 0 Å². The van der Waals surface area contributed by atoms with Gasteiger partial charge in [0.1, 0.15) is 0 Å². The Kier molecular flexibility index (Phi) is 10.3. The average Bonchev–Trinajstić information content (AvgIpc) is 2.25. The van der Waals surface area contributed by atoms with Crippen LogP contribution in [0.25, 0.3) is 0 Å². The van der Waals surface area contributed by atoms with Gasteiger partial charge in [0.2, 0.25) is 0 Å². The number of ether oxygens (including phenoxy) is 1. The van der Waals surface area contributed by atoms with Gasteiger partial charge in [-0.05, 0) is 46.3 Å². The maximum Gasteiger partial charge on any atom is 0.0589 e. The van der Waals surface area contributed by atoms with E-state index < -0.39 is 0 Å². The SMILES string of the molecule is CCCNCCCC(C)N(C)CCOC. The van der Waals surface area contributed by atoms with Crippen LogP contribution in [0.4, 0.5) is 0 Å². The van der Waals surface area contributed by atoms with Gasteiger partial charge < -0.3 is 15.0 Å². The van der Waals surface area contributed by atoms with Crippen LogP contribution in [0.5, 0.6) is 0 Å². The van der Waals surface area contributed by atoms with Gasteiger partial charge in [0.15, 0.2) is 0 Å². The molecule has 0 aromatic heterocycles. The van der Waals surface area contributed by atoms with Crippen molar-refractivity contribution < 1.29 is 4.74 Å². The van der Waals surface area contributed by atoms with Gasteiger partial charge >= 0.3 is 0 Å². The van der Waals surface area contributed by atoms with Gasteiger partial charge in [-0.1, -0.05) is 6.92 Å². The molecule has 0 saturated heterocycles. The number of nitrogens with zero attached hydrogens (tertiary/aromatic N) is 1. The Hall–Kier alpha value is -0.120. The van der Waals surface area contributed by atoms with E-state index in [0.29, 0.717) is 6.04 Å². The molecule has 1 unspecified atom stereocenters. The molecule has 0 bridgehead atoms. The summed E-state index contributed by atoms with van der Waals surface area (Å²) in [4.78, 5) is 2.36. The maximum atomic E-state index is 5.07. The lowest BCUT2D eigenvalue weighted by atomic mass is 10.1. The molecule has 0 aromatic carbocycles. The second-order valence-electron chi connectivity index (χ2n) is 4.21. The van der Waals surface area contributed by atoms with Crippen LogP contribution in [-0.2, 0) is 4.74 Å². The van der Waals surface area contributed by atoms with Crippen molar-refractivity contribution in [3.63, 3.8) is 0 Å². The van der Waals surface area contributed by atoms with Crippen LogP contribution in [0.1, 0.15) is 33.1 Å². The molecule has 1 atom stereocenters. The number of nitrogens with one attached hydrogen (secondary N) is 1. The molecule has 0 aliphatic carbocycles. The minimum atomic E-state index is 0.656. The summed E-state index contributed by atoms with van der Waals surface area (Å²) in [5.41, 5.74) is 0. The van der Waals surface area contributed by atoms with E-state index in [1.54, 1.807) is 7.11 Å². The van der Waals surface area contributed by atoms with Gasteiger partial charge in [0.25, 0.3) is 0 Å². The first kappa shape index (κ1) is 14.9. The van der Waals surface area contributed by atoms with E-state index in [1.165, 1.54) is 19.3 Å². The highest BCUT2D eigenvalue weighted by Gasteiger charge is 2.07. The van der Waals surface area contributed by atoms with Crippen LogP contribution in [0.3, 0.4) is 0 Å². The molecule has 1 N–H and O–H groups in total. The van der Waals surface area contributed by atoms with E-state index >= 15 is 0 Å². The van der Waals surface area contributed by atoms with Gasteiger partial charge in [-0.25, -0.2) is 0 Å². The van der Waals surface area contributed by atoms with Crippen molar-refractivity contribution in [1.29, 1.82) is 0 Å². The highest BCUT2D eigenvalue weighted by molar-refractivity contribution is 4.63. The van der Waals surface area contributed by atoms with E-state index in [4.69, 9.17) is 4.74 Å². The highest BCUT2D eigenvalue weighted by Crippen LogP contribution is 2.03. The van der Waals surface area contributed by atoms with Crippen LogP contribution in [-0.4, -0.2) is 51.3 Å². The molecular formula is C12H28N2O. The van der Waals surface area contributed by atoms with Crippen molar-refractivity contribution in [1.82, 2.24) is 10.2 Å². The molecule has 0 rings (SSSR count). The third-order valence-corrected chi connectivity index (χ3v) is 2.80. The van der Waals surface area contributed by atoms with Gasteiger partial charge in [-0.15, -0.1) is 0 Å². The van der Waals surface area contributed by atoms with E-state index in [2.05, 4.69) is 31.1 Å². The van der Waals surface area contributed by atoms with Crippen molar-refractivity contribution in [3.8, 4) is 0 Å². The molecule has 3 heteroatoms. The van der Waals surface area contributed by atoms with E-state index in [0.717, 1.165) is 26.2 Å². The Labute approximate surface area is 95.2 Å². The van der Waals surface area contributed by atoms with Crippen LogP contribution in [0, 0.1) is 0 Å². The number of rotatable bonds is 10. The molecule has 0 aliphatic heterocycles. The fourth-order valence-electron chi connectivity index (χ4n) is 1.50. The number of methoxy groups -OCH3 is 1. The predicted molar refractivity (Wildman–Crippen MR) is 66.4 cm³/mol. The number of likely N-dealkylation sites (N-methyl/N-ethyl adjacent to an activating group) is 1. The van der Waals surface area contributed by atoms with Crippen LogP contribution >= 0.6 is 0 Å². The monoisotopic (exact) mass is 216 g/mol. The second-order valence-corrected chi connectivity index (χ2v) is 4.21. The van der Waals surface area contributed by atoms with Crippen molar-refractivity contribution in [2.45, 2.75) is 39.2 Å². The number of hydrogen-bond donors (Lipinski definition) is 1. The van der Waals surface area contributed by atoms with Gasteiger partial charge in [0.05, 0.1) is 6.61 Å². The fourth-order valence-corrected chi connectivity index (χ4v) is 1.50. The number of hydrogen-bond acceptors (Lipinski definition) is 3. The topological polar surface area (TPSA) is 24.5 Å². The van der Waals surface area contributed by atoms with Crippen molar-refractivity contribution >= 4 is 0 Å². The maximum absolute atomic E-state index is 5.07. The summed E-state index contributed by atoms with van der Waals surface area (Å²) in [6, 6.07) is 0.656. The summed E-state index contributed by atoms with van der Waals surface area (Å²) in [5, 5.41) is 3.43. The van der Waals surface area contributed by atoms with E-state index in [9.17, 15) is 0 Å². The quantitative estimate of drug-likeness (QED) is 0.563. The second kappa shape index (κ2) is 10.4. The first-order valence-electron chi connectivity index (χ1n) is 6.12. The lowest BCUT2D eigenvalue weighted by molar-refractivity contribution is 0.139. The molecule has 0 fully saturated rings. The summed E-state index contributed by atoms with van der Waals surface area (Å²) in [6.45, 7) is 8.64. The Bertz CT molecular complexity index is 131. The molecule has 0 aliphatic rings. The fraction of sp³-hybridized carbons (Fsp3) is 1.00. The largest absolute Gasteiger partial charge is 0.383 e. The van der Waals surface area contributed by atoms with Gasteiger partial charge in [-0.3, -0.25) is 0 Å². The molecular weight excluding hydrogens is 188 g/mol. The van der Waals surface area contributed by atoms with Crippen molar-refractivity contribution in [2.24, 2.45) is 0 Å². The lowest BCUT2D eigenvalue weighted by Gasteiger charge is -2.24. The Morgan fingerprint density at radius 3 is 2.67 bits per heavy atom. The molecule has 92 valence electrons. The summed E-state index contributed by atoms with van der Waals surface area (Å²) in [7, 11) is 3.93. The highest BCUT2D eigenvalue weighted by atomic mass is 16.5. The van der Waals surface area contributed by atoms with Crippen LogP contribution < -0.4 is 5.32 Å². The third-order valence-electron chi connectivity index (χ3n) is 2.80. The first-order valence-corrected chi connectivity index (χ1v) is 6.12. The molecule has 15 heavy (non-hydrogen) atoms. The van der Waals surface area contributed by atoms with Crippen LogP contribution in [0.15, 0.2) is 0 Å². The van der Waals surface area contributed by atoms with Gasteiger partial charge in [-0.2, -0.15) is 0 Å². The first-order chi connectivity index (χ1) is 7.22. The molecule has 0 amide bonds. The summed E-state index contributed by atoms with van der Waals surface area (Å²) in [5.74, 6) is 0. The Morgan fingerprint density at radius 2 is 2.07 bits per heavy atom. The van der Waals surface area contributed by atoms with Crippen LogP contribution in [0.2, 0.25) is 0 Å². The third kappa shape index (κ3) is 8.85. The average molecular weight is 216 g/mol. The van der Waals surface area contributed by atoms with E-state index in [-0.39, 0.29) is 0 Å². The minimum absolute atomic E-state index is 0.656. The molecule has 3 nitrogen and oxygen atoms in total. The Morgan fingerprint density at radius 1 is 1.33 bits per heavy atom. The molecule has 0 radical (unpaired) electrons. The zero-order valence-electron chi connectivity index (χ0n) is 10.9. The molecule has 0 heterocycles. The van der Waals surface area contributed by atoms with Crippen molar-refractivity contribution in [2.75, 3.05) is 40.4 Å². The predicted octanol–water partition coefficient (Wildman–Crippen LogP) is 1.73. The standard InChI is InChI=1S/C12H28N2O/c1-5-8-13-9-6-7-12(2)14(3)10-11-15-4/h12-13H,5-11H2,1-4H3. The molecule has 0 saturated carbocycles. The smallest absolute Gasteiger partial charge is 0.0589 e. The molecule has 0 aromatic rings. The van der Waals surface area contributed by atoms with Gasteiger partial charge in [0, 0.05) is 19.7 Å². The zero-order valence-corrected chi connectivity index (χ0v) is 10.9.